The van der Waals surface area contributed by atoms with Gasteiger partial charge in [0.25, 0.3) is 0 Å². The molecule has 2 amide bonds. The van der Waals surface area contributed by atoms with Crippen LogP contribution in [-0.2, 0) is 16.1 Å². The maximum absolute atomic E-state index is 12.5. The van der Waals surface area contributed by atoms with Crippen molar-refractivity contribution in [3.05, 3.63) is 18.5 Å². The van der Waals surface area contributed by atoms with Crippen LogP contribution < -0.4 is 0 Å². The summed E-state index contributed by atoms with van der Waals surface area (Å²) in [6.07, 6.45) is 4.72. The summed E-state index contributed by atoms with van der Waals surface area (Å²) in [6, 6.07) is 2.16. The van der Waals surface area contributed by atoms with Crippen LogP contribution in [0.2, 0.25) is 0 Å². The van der Waals surface area contributed by atoms with Crippen LogP contribution in [0.15, 0.2) is 18.5 Å². The van der Waals surface area contributed by atoms with E-state index in [1.54, 1.807) is 35.0 Å². The molecular weight excluding hydrogens is 322 g/mol. The minimum Gasteiger partial charge on any atom is -0.390 e. The minimum absolute atomic E-state index is 0.0176. The molecule has 1 aromatic heterocycles. The van der Waals surface area contributed by atoms with Crippen molar-refractivity contribution >= 4 is 11.8 Å². The van der Waals surface area contributed by atoms with Crippen molar-refractivity contribution < 1.29 is 14.7 Å². The maximum atomic E-state index is 12.5. The Morgan fingerprint density at radius 2 is 1.88 bits per heavy atom. The van der Waals surface area contributed by atoms with E-state index in [2.05, 4.69) is 10.00 Å². The molecule has 8 nitrogen and oxygen atoms in total. The van der Waals surface area contributed by atoms with Crippen molar-refractivity contribution in [3.63, 3.8) is 0 Å². The maximum Gasteiger partial charge on any atom is 0.244 e. The topological polar surface area (TPSA) is 81.9 Å². The first kappa shape index (κ1) is 17.9. The number of hydrogen-bond acceptors (Lipinski definition) is 5. The van der Waals surface area contributed by atoms with Gasteiger partial charge >= 0.3 is 0 Å². The number of carbonyl (C=O) groups excluding carboxylic acids is 2. The number of aliphatic hydroxyl groups excluding tert-OH is 1. The first-order valence-electron chi connectivity index (χ1n) is 8.96. The summed E-state index contributed by atoms with van der Waals surface area (Å²) in [5.41, 5.74) is 0. The molecule has 0 aliphatic carbocycles. The van der Waals surface area contributed by atoms with Crippen molar-refractivity contribution in [1.82, 2.24) is 24.5 Å². The Hall–Kier alpha value is -1.93. The summed E-state index contributed by atoms with van der Waals surface area (Å²) < 4.78 is 1.61. The number of hydrogen-bond donors (Lipinski definition) is 1. The molecule has 3 heterocycles. The average molecular weight is 349 g/mol. The third-order valence-electron chi connectivity index (χ3n) is 5.17. The molecular formula is C17H27N5O3. The Balaban J connectivity index is 1.54. The molecule has 0 saturated carbocycles. The van der Waals surface area contributed by atoms with Crippen LogP contribution in [0.3, 0.4) is 0 Å². The number of carbonyl (C=O) groups is 2. The van der Waals surface area contributed by atoms with Crippen molar-refractivity contribution in [2.45, 2.75) is 38.5 Å². The van der Waals surface area contributed by atoms with Gasteiger partial charge in [0.2, 0.25) is 11.8 Å². The van der Waals surface area contributed by atoms with Gasteiger partial charge in [-0.25, -0.2) is 0 Å². The van der Waals surface area contributed by atoms with Gasteiger partial charge in [0.05, 0.1) is 6.10 Å². The van der Waals surface area contributed by atoms with Crippen molar-refractivity contribution in [2.24, 2.45) is 0 Å². The van der Waals surface area contributed by atoms with Gasteiger partial charge in [-0.2, -0.15) is 5.10 Å². The molecule has 1 unspecified atom stereocenters. The van der Waals surface area contributed by atoms with Gasteiger partial charge in [0.1, 0.15) is 6.54 Å². The zero-order valence-electron chi connectivity index (χ0n) is 14.8. The van der Waals surface area contributed by atoms with Gasteiger partial charge < -0.3 is 14.9 Å². The molecule has 2 saturated heterocycles. The zero-order chi connectivity index (χ0) is 17.8. The average Bonchev–Trinajstić information content (AvgIpc) is 3.02. The van der Waals surface area contributed by atoms with E-state index in [1.807, 2.05) is 4.90 Å². The molecule has 0 radical (unpaired) electrons. The second-order valence-electron chi connectivity index (χ2n) is 6.93. The largest absolute Gasteiger partial charge is 0.390 e. The Bertz CT molecular complexity index is 583. The van der Waals surface area contributed by atoms with Crippen molar-refractivity contribution in [1.29, 1.82) is 0 Å². The van der Waals surface area contributed by atoms with E-state index in [0.29, 0.717) is 25.7 Å². The summed E-state index contributed by atoms with van der Waals surface area (Å²) in [7, 11) is 0. The first-order chi connectivity index (χ1) is 12.0. The number of aromatic nitrogens is 2. The van der Waals surface area contributed by atoms with Crippen LogP contribution in [0, 0.1) is 0 Å². The number of likely N-dealkylation sites (tertiary alicyclic amines) is 1. The molecule has 138 valence electrons. The summed E-state index contributed by atoms with van der Waals surface area (Å²) in [5.74, 6) is 0.112. The van der Waals surface area contributed by atoms with Crippen LogP contribution >= 0.6 is 0 Å². The van der Waals surface area contributed by atoms with Gasteiger partial charge in [0.15, 0.2) is 0 Å². The lowest BCUT2D eigenvalue weighted by molar-refractivity contribution is -0.133. The third kappa shape index (κ3) is 4.58. The van der Waals surface area contributed by atoms with E-state index in [4.69, 9.17) is 0 Å². The number of amides is 2. The molecule has 0 aromatic carbocycles. The predicted octanol–water partition coefficient (Wildman–Crippen LogP) is -0.601. The Morgan fingerprint density at radius 3 is 2.52 bits per heavy atom. The van der Waals surface area contributed by atoms with Gasteiger partial charge in [-0.15, -0.1) is 0 Å². The summed E-state index contributed by atoms with van der Waals surface area (Å²) >= 11 is 0. The Kier molecular flexibility index (Phi) is 5.70. The lowest BCUT2D eigenvalue weighted by Gasteiger charge is -2.38. The second kappa shape index (κ2) is 7.97. The molecule has 2 aliphatic heterocycles. The van der Waals surface area contributed by atoms with E-state index in [0.717, 1.165) is 32.5 Å². The molecule has 0 bridgehead atoms. The van der Waals surface area contributed by atoms with E-state index < -0.39 is 6.10 Å². The Morgan fingerprint density at radius 1 is 1.12 bits per heavy atom. The van der Waals surface area contributed by atoms with E-state index in [1.165, 1.54) is 0 Å². The highest BCUT2D eigenvalue weighted by atomic mass is 16.3. The second-order valence-corrected chi connectivity index (χ2v) is 6.93. The van der Waals surface area contributed by atoms with Gasteiger partial charge in [0, 0.05) is 64.6 Å². The van der Waals surface area contributed by atoms with E-state index in [-0.39, 0.29) is 18.4 Å². The molecule has 2 aliphatic rings. The van der Waals surface area contributed by atoms with Gasteiger partial charge in [-0.3, -0.25) is 19.2 Å². The third-order valence-corrected chi connectivity index (χ3v) is 5.17. The van der Waals surface area contributed by atoms with Crippen LogP contribution in [-0.4, -0.2) is 92.8 Å². The van der Waals surface area contributed by atoms with Gasteiger partial charge in [-0.1, -0.05) is 0 Å². The van der Waals surface area contributed by atoms with Crippen LogP contribution in [0.5, 0.6) is 0 Å². The molecule has 1 atom stereocenters. The number of rotatable bonds is 3. The smallest absolute Gasteiger partial charge is 0.244 e. The van der Waals surface area contributed by atoms with Crippen LogP contribution in [0.25, 0.3) is 0 Å². The van der Waals surface area contributed by atoms with E-state index >= 15 is 0 Å². The number of piperidine rings is 1. The molecule has 0 spiro atoms. The van der Waals surface area contributed by atoms with Crippen molar-refractivity contribution in [2.75, 3.05) is 39.3 Å². The monoisotopic (exact) mass is 349 g/mol. The standard InChI is InChI=1S/C17H27N5O3/c1-14(23)19-7-3-15(4-8-19)20-9-10-21(12-16(24)11-20)17(25)13-22-6-2-5-18-22/h2,5-6,15-16,24H,3-4,7-13H2,1H3. The molecule has 2 fully saturated rings. The lowest BCUT2D eigenvalue weighted by atomic mass is 10.0. The zero-order valence-corrected chi connectivity index (χ0v) is 14.8. The minimum atomic E-state index is -0.546. The molecule has 3 rings (SSSR count). The predicted molar refractivity (Wildman–Crippen MR) is 91.7 cm³/mol. The quantitative estimate of drug-likeness (QED) is 0.788. The van der Waals surface area contributed by atoms with Crippen molar-refractivity contribution in [3.8, 4) is 0 Å². The fraction of sp³-hybridized carbons (Fsp3) is 0.706. The fourth-order valence-electron chi connectivity index (χ4n) is 3.75. The highest BCUT2D eigenvalue weighted by molar-refractivity contribution is 5.76. The van der Waals surface area contributed by atoms with Crippen LogP contribution in [0.4, 0.5) is 0 Å². The van der Waals surface area contributed by atoms with E-state index in [9.17, 15) is 14.7 Å². The summed E-state index contributed by atoms with van der Waals surface area (Å²) in [5, 5.41) is 14.4. The Labute approximate surface area is 148 Å². The highest BCUT2D eigenvalue weighted by Gasteiger charge is 2.30. The number of β-amino-alcohol motifs (C(OH)–C–C–N with tert-alkyl or cyclic N) is 1. The summed E-state index contributed by atoms with van der Waals surface area (Å²) in [6.45, 7) is 5.68. The molecule has 25 heavy (non-hydrogen) atoms. The fourth-order valence-corrected chi connectivity index (χ4v) is 3.75. The first-order valence-corrected chi connectivity index (χ1v) is 8.96. The molecule has 8 heteroatoms. The normalized spacial score (nSPS) is 23.5. The SMILES string of the molecule is CC(=O)N1CCC(N2CCN(C(=O)Cn3cccn3)CC(O)C2)CC1. The molecule has 1 aromatic rings. The number of aliphatic hydroxyl groups is 1. The summed E-state index contributed by atoms with van der Waals surface area (Å²) in [4.78, 5) is 29.8. The number of nitrogens with zero attached hydrogens (tertiary/aromatic N) is 5. The van der Waals surface area contributed by atoms with Crippen LogP contribution in [0.1, 0.15) is 19.8 Å². The molecule has 1 N–H and O–H groups in total. The van der Waals surface area contributed by atoms with Gasteiger partial charge in [-0.05, 0) is 18.9 Å². The highest BCUT2D eigenvalue weighted by Crippen LogP contribution is 2.19. The lowest BCUT2D eigenvalue weighted by Crippen LogP contribution is -2.48.